The van der Waals surface area contributed by atoms with Gasteiger partial charge in [0.25, 0.3) is 0 Å². The van der Waals surface area contributed by atoms with Crippen LogP contribution in [-0.2, 0) is 15.3 Å². The topological polar surface area (TPSA) is 84.0 Å². The minimum Gasteiger partial charge on any atom is -0.356 e. The average molecular weight is 393 g/mol. The van der Waals surface area contributed by atoms with Crippen LogP contribution in [-0.4, -0.2) is 28.6 Å². The van der Waals surface area contributed by atoms with Crippen LogP contribution in [0.2, 0.25) is 0 Å². The van der Waals surface area contributed by atoms with Gasteiger partial charge in [-0.3, -0.25) is 9.59 Å². The zero-order chi connectivity index (χ0) is 19.0. The number of anilines is 1. The molecule has 2 N–H and O–H groups in total. The summed E-state index contributed by atoms with van der Waals surface area (Å²) in [4.78, 5) is 23.7. The maximum Gasteiger partial charge on any atom is 0.226 e. The van der Waals surface area contributed by atoms with E-state index >= 15 is 0 Å². The standard InChI is InChI=1S/C18H24N4O2S2/c1-18(2,3)15(24)19-11-7-10-14(23)20-16-21-22-17(26-16)25-12-13-8-5-4-6-9-13/h4-6,8-9H,7,10-12H2,1-3H3,(H,19,24)(H,20,21,23). The third-order valence-electron chi connectivity index (χ3n) is 3.41. The fourth-order valence-corrected chi connectivity index (χ4v) is 3.66. The highest BCUT2D eigenvalue weighted by atomic mass is 32.2. The summed E-state index contributed by atoms with van der Waals surface area (Å²) >= 11 is 2.96. The number of hydrogen-bond acceptors (Lipinski definition) is 6. The van der Waals surface area contributed by atoms with Crippen molar-refractivity contribution in [3.05, 3.63) is 35.9 Å². The SMILES string of the molecule is CC(C)(C)C(=O)NCCCC(=O)Nc1nnc(SCc2ccccc2)s1. The highest BCUT2D eigenvalue weighted by Crippen LogP contribution is 2.28. The Balaban J connectivity index is 1.68. The Labute approximate surface area is 162 Å². The monoisotopic (exact) mass is 392 g/mol. The van der Waals surface area contributed by atoms with Crippen LogP contribution < -0.4 is 10.6 Å². The summed E-state index contributed by atoms with van der Waals surface area (Å²) in [5.41, 5.74) is 0.804. The minimum atomic E-state index is -0.414. The fraction of sp³-hybridized carbons (Fsp3) is 0.444. The normalized spacial score (nSPS) is 11.2. The molecule has 1 heterocycles. The summed E-state index contributed by atoms with van der Waals surface area (Å²) in [7, 11) is 0. The van der Waals surface area contributed by atoms with Crippen LogP contribution >= 0.6 is 23.1 Å². The maximum absolute atomic E-state index is 12.0. The number of aromatic nitrogens is 2. The van der Waals surface area contributed by atoms with Crippen molar-refractivity contribution >= 4 is 40.0 Å². The lowest BCUT2D eigenvalue weighted by molar-refractivity contribution is -0.128. The van der Waals surface area contributed by atoms with Crippen molar-refractivity contribution in [2.24, 2.45) is 5.41 Å². The molecule has 8 heteroatoms. The Bertz CT molecular complexity index is 726. The Hall–Kier alpha value is -1.93. The first-order valence-electron chi connectivity index (χ1n) is 8.43. The van der Waals surface area contributed by atoms with Crippen LogP contribution in [0.3, 0.4) is 0 Å². The van der Waals surface area contributed by atoms with E-state index in [1.54, 1.807) is 11.8 Å². The van der Waals surface area contributed by atoms with Gasteiger partial charge >= 0.3 is 0 Å². The summed E-state index contributed by atoms with van der Waals surface area (Å²) in [6.07, 6.45) is 0.915. The molecule has 1 aromatic carbocycles. The van der Waals surface area contributed by atoms with Crippen molar-refractivity contribution in [1.29, 1.82) is 0 Å². The van der Waals surface area contributed by atoms with E-state index < -0.39 is 5.41 Å². The first-order chi connectivity index (χ1) is 12.3. The molecule has 2 aromatic rings. The lowest BCUT2D eigenvalue weighted by Crippen LogP contribution is -2.35. The third-order valence-corrected chi connectivity index (χ3v) is 5.45. The zero-order valence-electron chi connectivity index (χ0n) is 15.2. The number of carbonyl (C=O) groups is 2. The van der Waals surface area contributed by atoms with Gasteiger partial charge in [0.1, 0.15) is 0 Å². The van der Waals surface area contributed by atoms with Crippen LogP contribution in [0.4, 0.5) is 5.13 Å². The van der Waals surface area contributed by atoms with E-state index in [9.17, 15) is 9.59 Å². The number of hydrogen-bond donors (Lipinski definition) is 2. The second-order valence-electron chi connectivity index (χ2n) is 6.81. The molecule has 0 aliphatic rings. The van der Waals surface area contributed by atoms with Crippen molar-refractivity contribution in [1.82, 2.24) is 15.5 Å². The van der Waals surface area contributed by atoms with E-state index in [2.05, 4.69) is 33.0 Å². The van der Waals surface area contributed by atoms with E-state index in [1.807, 2.05) is 39.0 Å². The van der Waals surface area contributed by atoms with E-state index in [0.29, 0.717) is 24.5 Å². The molecule has 2 rings (SSSR count). The molecule has 0 bridgehead atoms. The van der Waals surface area contributed by atoms with Crippen LogP contribution in [0.15, 0.2) is 34.7 Å². The van der Waals surface area contributed by atoms with Crippen molar-refractivity contribution in [3.63, 3.8) is 0 Å². The van der Waals surface area contributed by atoms with Gasteiger partial charge in [0.05, 0.1) is 0 Å². The second-order valence-corrected chi connectivity index (χ2v) is 9.01. The van der Waals surface area contributed by atoms with Crippen LogP contribution in [0.25, 0.3) is 0 Å². The first kappa shape index (κ1) is 20.4. The van der Waals surface area contributed by atoms with E-state index in [4.69, 9.17) is 0 Å². The van der Waals surface area contributed by atoms with Crippen LogP contribution in [0.1, 0.15) is 39.2 Å². The van der Waals surface area contributed by atoms with Gasteiger partial charge in [-0.25, -0.2) is 0 Å². The van der Waals surface area contributed by atoms with Gasteiger partial charge in [-0.15, -0.1) is 10.2 Å². The molecule has 0 fully saturated rings. The number of rotatable bonds is 8. The molecule has 0 spiro atoms. The minimum absolute atomic E-state index is 0.0119. The number of amides is 2. The van der Waals surface area contributed by atoms with Crippen LogP contribution in [0.5, 0.6) is 0 Å². The highest BCUT2D eigenvalue weighted by Gasteiger charge is 2.20. The molecular formula is C18H24N4O2S2. The number of thioether (sulfide) groups is 1. The molecule has 1 aromatic heterocycles. The van der Waals surface area contributed by atoms with Crippen molar-refractivity contribution in [2.75, 3.05) is 11.9 Å². The van der Waals surface area contributed by atoms with Crippen molar-refractivity contribution < 1.29 is 9.59 Å². The zero-order valence-corrected chi connectivity index (χ0v) is 16.9. The molecule has 2 amide bonds. The second kappa shape index (κ2) is 9.68. The summed E-state index contributed by atoms with van der Waals surface area (Å²) in [6.45, 7) is 6.06. The Morgan fingerprint density at radius 3 is 2.58 bits per heavy atom. The van der Waals surface area contributed by atoms with Gasteiger partial charge in [0, 0.05) is 24.1 Å². The summed E-state index contributed by atoms with van der Waals surface area (Å²) in [6, 6.07) is 10.1. The Morgan fingerprint density at radius 2 is 1.88 bits per heavy atom. The number of carbonyl (C=O) groups excluding carboxylic acids is 2. The Kier molecular flexibility index (Phi) is 7.59. The van der Waals surface area contributed by atoms with E-state index in [-0.39, 0.29) is 11.8 Å². The highest BCUT2D eigenvalue weighted by molar-refractivity contribution is 8.00. The number of nitrogens with one attached hydrogen (secondary N) is 2. The molecule has 0 radical (unpaired) electrons. The fourth-order valence-electron chi connectivity index (χ4n) is 1.94. The molecule has 140 valence electrons. The lowest BCUT2D eigenvalue weighted by atomic mass is 9.96. The van der Waals surface area contributed by atoms with E-state index in [0.717, 1.165) is 10.1 Å². The smallest absolute Gasteiger partial charge is 0.226 e. The van der Waals surface area contributed by atoms with Crippen LogP contribution in [0, 0.1) is 5.41 Å². The van der Waals surface area contributed by atoms with Crippen molar-refractivity contribution in [3.8, 4) is 0 Å². The summed E-state index contributed by atoms with van der Waals surface area (Å²) in [5.74, 6) is 0.685. The number of nitrogens with zero attached hydrogens (tertiary/aromatic N) is 2. The lowest BCUT2D eigenvalue weighted by Gasteiger charge is -2.17. The molecule has 26 heavy (non-hydrogen) atoms. The maximum atomic E-state index is 12.0. The van der Waals surface area contributed by atoms with E-state index in [1.165, 1.54) is 16.9 Å². The first-order valence-corrected chi connectivity index (χ1v) is 10.2. The molecule has 0 aliphatic heterocycles. The van der Waals surface area contributed by atoms with Gasteiger partial charge < -0.3 is 10.6 Å². The molecule has 0 saturated heterocycles. The molecule has 6 nitrogen and oxygen atoms in total. The summed E-state index contributed by atoms with van der Waals surface area (Å²) < 4.78 is 0.821. The number of benzene rings is 1. The average Bonchev–Trinajstić information content (AvgIpc) is 3.04. The predicted molar refractivity (Wildman–Crippen MR) is 106 cm³/mol. The summed E-state index contributed by atoms with van der Waals surface area (Å²) in [5, 5.41) is 14.2. The molecular weight excluding hydrogens is 368 g/mol. The molecule has 0 atom stereocenters. The Morgan fingerprint density at radius 1 is 1.15 bits per heavy atom. The predicted octanol–water partition coefficient (Wildman–Crippen LogP) is 3.71. The quantitative estimate of drug-likeness (QED) is 0.406. The molecule has 0 aliphatic carbocycles. The van der Waals surface area contributed by atoms with Gasteiger partial charge in [-0.05, 0) is 12.0 Å². The van der Waals surface area contributed by atoms with Gasteiger partial charge in [0.2, 0.25) is 16.9 Å². The van der Waals surface area contributed by atoms with Gasteiger partial charge in [-0.2, -0.15) is 0 Å². The van der Waals surface area contributed by atoms with Crippen molar-refractivity contribution in [2.45, 2.75) is 43.7 Å². The van der Waals surface area contributed by atoms with Gasteiger partial charge in [0.15, 0.2) is 4.34 Å². The third kappa shape index (κ3) is 7.13. The molecule has 0 saturated carbocycles. The molecule has 0 unspecified atom stereocenters. The largest absolute Gasteiger partial charge is 0.356 e. The van der Waals surface area contributed by atoms with Gasteiger partial charge in [-0.1, -0.05) is 74.2 Å².